The fourth-order valence-corrected chi connectivity index (χ4v) is 27.9. The number of aryl methyl sites for hydroxylation is 2. The first kappa shape index (κ1) is 99.2. The molecule has 0 atom stereocenters. The van der Waals surface area contributed by atoms with Crippen LogP contribution in [0.1, 0.15) is 171 Å². The molecule has 0 amide bonds. The Bertz CT molecular complexity index is 3900. The van der Waals surface area contributed by atoms with Crippen molar-refractivity contribution in [1.82, 2.24) is 49.1 Å². The number of carbonyl (C=O) groups is 4. The maximum Gasteiger partial charge on any atom is 2.00 e. The van der Waals surface area contributed by atoms with E-state index in [0.29, 0.717) is 55.2 Å². The predicted octanol–water partition coefficient (Wildman–Crippen LogP) is 23.9. The van der Waals surface area contributed by atoms with Gasteiger partial charge in [-0.2, -0.15) is 20.4 Å². The zero-order chi connectivity index (χ0) is 75.0. The van der Waals surface area contributed by atoms with Crippen molar-refractivity contribution in [2.45, 2.75) is 234 Å². The third kappa shape index (κ3) is 34.2. The molecule has 582 valence electrons. The summed E-state index contributed by atoms with van der Waals surface area (Å²) in [7, 11) is 9.12. The summed E-state index contributed by atoms with van der Waals surface area (Å²) in [5.41, 5.74) is 9.36. The normalized spacial score (nSPS) is 12.8. The fourth-order valence-electron chi connectivity index (χ4n) is 13.7. The number of carbonyl (C=O) groups excluding carboxylic acids is 3. The van der Waals surface area contributed by atoms with E-state index in [9.17, 15) is 19.2 Å². The number of hydrogen-bond acceptors (Lipinski definition) is 12. The molecule has 15 nitrogen and oxygen atoms in total. The summed E-state index contributed by atoms with van der Waals surface area (Å²) in [4.78, 5) is 54.6. The van der Waals surface area contributed by atoms with E-state index in [0.717, 1.165) is 75.5 Å². The SMILES string of the molecule is C.CC(=O)Cn1cc(-c2ccccc2Cl)cn1.CC(=O)Cn1cc(Br)cn1.CC(C)(C)[PH+](C1CCCC1)C(C)(C)C.CC(C)(C)[PH+](C1CCCC1)C(C)(C)C.Cc1nc(C)c(-c2csc(CC(=O)Cn3cc(-c4ccccc4Cl)cn3)n2)s1.O=C(O)Cn1cc(-c2ccccc2Cl)cn1.[CH3-].[CH3-].[Cl][Pd][Cl].[Fe+2]. The van der Waals surface area contributed by atoms with Crippen LogP contribution in [0, 0.1) is 28.7 Å². The smallest absolute Gasteiger partial charge is 2.00 e. The van der Waals surface area contributed by atoms with Crippen LogP contribution in [0.15, 0.2) is 132 Å². The van der Waals surface area contributed by atoms with E-state index in [4.69, 9.17) is 59.0 Å². The third-order valence-corrected chi connectivity index (χ3v) is 28.9. The van der Waals surface area contributed by atoms with Crippen LogP contribution in [0.4, 0.5) is 0 Å². The average molecular weight is 1810 g/mol. The van der Waals surface area contributed by atoms with E-state index in [-0.39, 0.29) is 102 Å². The Kier molecular flexibility index (Phi) is 44.8. The van der Waals surface area contributed by atoms with Gasteiger partial charge in [-0.3, -0.25) is 37.9 Å². The molecule has 27 heteroatoms. The van der Waals surface area contributed by atoms with E-state index in [1.807, 2.05) is 98.4 Å². The first-order chi connectivity index (χ1) is 47.4. The van der Waals surface area contributed by atoms with Crippen LogP contribution >= 0.6 is 108 Å². The van der Waals surface area contributed by atoms with Crippen LogP contribution in [-0.2, 0) is 84.8 Å². The molecule has 6 heterocycles. The van der Waals surface area contributed by atoms with Gasteiger partial charge in [-0.1, -0.05) is 96.8 Å². The van der Waals surface area contributed by atoms with Gasteiger partial charge in [0.1, 0.15) is 11.6 Å². The number of nitrogens with zero attached hydrogens (tertiary/aromatic N) is 10. The van der Waals surface area contributed by atoms with Crippen LogP contribution in [0.5, 0.6) is 0 Å². The summed E-state index contributed by atoms with van der Waals surface area (Å²) in [6, 6.07) is 22.5. The van der Waals surface area contributed by atoms with Gasteiger partial charge < -0.3 is 20.0 Å². The minimum atomic E-state index is -0.922. The summed E-state index contributed by atoms with van der Waals surface area (Å²) < 4.78 is 7.11. The molecule has 11 rings (SSSR count). The zero-order valence-electron chi connectivity index (χ0n) is 63.3. The van der Waals surface area contributed by atoms with Crippen molar-refractivity contribution in [1.29, 1.82) is 0 Å². The quantitative estimate of drug-likeness (QED) is 0.0551. The Morgan fingerprint density at radius 1 is 0.552 bits per heavy atom. The maximum absolute atomic E-state index is 12.5. The van der Waals surface area contributed by atoms with Crippen molar-refractivity contribution in [3.05, 3.63) is 178 Å². The number of benzene rings is 3. The molecule has 1 N–H and O–H groups in total. The van der Waals surface area contributed by atoms with Crippen molar-refractivity contribution >= 4 is 132 Å². The van der Waals surface area contributed by atoms with Gasteiger partial charge in [-0.15, -0.1) is 22.7 Å². The minimum absolute atomic E-state index is 0. The van der Waals surface area contributed by atoms with Crippen molar-refractivity contribution in [2.24, 2.45) is 0 Å². The van der Waals surface area contributed by atoms with Crippen molar-refractivity contribution in [3.63, 3.8) is 0 Å². The largest absolute Gasteiger partial charge is 2.00 e. The maximum atomic E-state index is 12.5. The van der Waals surface area contributed by atoms with Gasteiger partial charge in [0, 0.05) is 94.5 Å². The number of rotatable bonds is 16. The molecule has 2 aliphatic rings. The van der Waals surface area contributed by atoms with Gasteiger partial charge >= 0.3 is 58.0 Å². The third-order valence-electron chi connectivity index (χ3n) is 16.3. The summed E-state index contributed by atoms with van der Waals surface area (Å²) in [5.74, 6) is -0.676. The molecular weight excluding hydrogens is 1700 g/mol. The zero-order valence-corrected chi connectivity index (χ0v) is 74.9. The second-order valence-corrected chi connectivity index (χ2v) is 45.1. The summed E-state index contributed by atoms with van der Waals surface area (Å²) in [5, 5.41) is 32.9. The molecule has 2 fully saturated rings. The molecule has 2 aliphatic carbocycles. The Morgan fingerprint density at radius 2 is 0.886 bits per heavy atom. The monoisotopic (exact) mass is 1810 g/mol. The minimum Gasteiger partial charge on any atom is 2.00 e. The molecule has 0 aliphatic heterocycles. The summed E-state index contributed by atoms with van der Waals surface area (Å²) in [6.07, 6.45) is 26.1. The number of carboxylic acid groups (broad SMARTS) is 1. The number of aliphatic carboxylic acids is 1. The topological polar surface area (TPSA) is 186 Å². The standard InChI is InChI=1S/C20H17ClN4OS2.2C13H27P.C12H11ClN2O.C11H9ClN2O2.C6H7BrN2O.CH4.2CH3.2ClH.Fe.Pd/c1-12-20(28-13(2)23-12)18-11-27-19(24-18)7-15(26)10-25-9-14(8-22-25)16-5-3-4-6-17(16)21;2*1-12(2,3)14(13(4,5)6)11-9-7-8-10-11;1-9(16)7-15-8-10(6-14-15)11-4-2-3-5-12(11)13;12-10-4-2-1-3-9(10)8-5-13-14(6-8)7-11(15)16;1-5(10)3-9-4-6(7)2-8-9;;;;;;;/h3-6,8-9,11H,7,10H2,1-2H3;2*11H,7-10H2,1-6H3;2-6,8H,7H2,1H3;1-6H,7H2,(H,15,16);2,4H,3H2,1H3;1H4;2*1H3;2*1H;;/q;;;;;;;2*-1;;;2*+2. The molecule has 9 aromatic rings. The van der Waals surface area contributed by atoms with E-state index in [1.165, 1.54) is 81.2 Å². The first-order valence-corrected chi connectivity index (χ1v) is 44.4. The molecular formula is C78H110BrCl5FeN10O5P2PdS2+2. The van der Waals surface area contributed by atoms with Crippen molar-refractivity contribution < 1.29 is 57.3 Å². The van der Waals surface area contributed by atoms with E-state index in [2.05, 4.69) is 129 Å². The van der Waals surface area contributed by atoms with Gasteiger partial charge in [0.05, 0.1) is 109 Å². The molecule has 6 aromatic heterocycles. The van der Waals surface area contributed by atoms with Gasteiger partial charge in [0.2, 0.25) is 0 Å². The molecule has 0 spiro atoms. The Balaban J connectivity index is 0.000000639. The van der Waals surface area contributed by atoms with Gasteiger partial charge in [-0.05, 0) is 196 Å². The average Bonchev–Trinajstić information content (AvgIpc) is 1.49. The Hall–Kier alpha value is -3.79. The Labute approximate surface area is 687 Å². The molecule has 0 unspecified atom stereocenters. The van der Waals surface area contributed by atoms with Crippen molar-refractivity contribution in [3.8, 4) is 44.0 Å². The molecule has 0 radical (unpaired) electrons. The number of thiazole rings is 2. The van der Waals surface area contributed by atoms with Gasteiger partial charge in [0.15, 0.2) is 17.3 Å². The van der Waals surface area contributed by atoms with E-state index in [1.54, 1.807) is 68.6 Å². The molecule has 3 aromatic carbocycles. The van der Waals surface area contributed by atoms with E-state index < -0.39 is 5.97 Å². The number of aromatic nitrogens is 10. The predicted molar refractivity (Wildman–Crippen MR) is 450 cm³/mol. The number of ketones is 3. The molecule has 0 saturated heterocycles. The second-order valence-electron chi connectivity index (χ2n) is 29.2. The molecule has 105 heavy (non-hydrogen) atoms. The second kappa shape index (κ2) is 47.4. The van der Waals surface area contributed by atoms with Crippen molar-refractivity contribution in [2.75, 3.05) is 0 Å². The molecule has 0 bridgehead atoms. The number of carboxylic acids is 1. The van der Waals surface area contributed by atoms with Gasteiger partial charge in [-0.25, -0.2) is 9.97 Å². The van der Waals surface area contributed by atoms with Crippen LogP contribution in [-0.4, -0.2) is 109 Å². The van der Waals surface area contributed by atoms with Crippen LogP contribution < -0.4 is 0 Å². The Morgan fingerprint density at radius 3 is 1.19 bits per heavy atom. The summed E-state index contributed by atoms with van der Waals surface area (Å²) in [6.45, 7) is 37.3. The number of hydrogen-bond donors (Lipinski definition) is 1. The fraction of sp³-hybridized carbons (Fsp3) is 0.462. The van der Waals surface area contributed by atoms with Crippen LogP contribution in [0.2, 0.25) is 15.1 Å². The van der Waals surface area contributed by atoms with Crippen LogP contribution in [0.3, 0.4) is 0 Å². The number of halogens is 6. The van der Waals surface area contributed by atoms with E-state index >= 15 is 0 Å². The number of Topliss-reactive ketones (excluding diaryl/α,β-unsaturated/α-hetero) is 3. The molecule has 2 saturated carbocycles. The summed E-state index contributed by atoms with van der Waals surface area (Å²) >= 11 is 24.6. The van der Waals surface area contributed by atoms with Gasteiger partial charge in [0.25, 0.3) is 0 Å². The van der Waals surface area contributed by atoms with Crippen LogP contribution in [0.25, 0.3) is 44.0 Å². The first-order valence-electron chi connectivity index (χ1n) is 33.6.